The predicted octanol–water partition coefficient (Wildman–Crippen LogP) is 5.69. The molecule has 1 atom stereocenters. The number of ether oxygens (including phenoxy) is 1. The van der Waals surface area contributed by atoms with E-state index in [1.807, 2.05) is 60.1 Å². The SMILES string of the molecule is COc1ccc(-n2nc(CC(C=O)c3ccc(C)cc3)cc2-c2ccc(C)cc2)cc1. The van der Waals surface area contributed by atoms with Crippen molar-refractivity contribution in [2.75, 3.05) is 7.11 Å². The van der Waals surface area contributed by atoms with E-state index >= 15 is 0 Å². The van der Waals surface area contributed by atoms with Crippen molar-refractivity contribution < 1.29 is 9.53 Å². The van der Waals surface area contributed by atoms with E-state index in [9.17, 15) is 4.79 Å². The van der Waals surface area contributed by atoms with E-state index in [1.54, 1.807) is 7.11 Å². The minimum Gasteiger partial charge on any atom is -0.497 e. The van der Waals surface area contributed by atoms with Gasteiger partial charge in [-0.3, -0.25) is 0 Å². The fraction of sp³-hybridized carbons (Fsp3) is 0.185. The minimum atomic E-state index is -0.231. The molecule has 1 aromatic heterocycles. The van der Waals surface area contributed by atoms with Crippen molar-refractivity contribution >= 4 is 6.29 Å². The van der Waals surface area contributed by atoms with Crippen LogP contribution in [-0.4, -0.2) is 23.2 Å². The molecule has 0 aliphatic heterocycles. The van der Waals surface area contributed by atoms with Gasteiger partial charge < -0.3 is 9.53 Å². The number of carbonyl (C=O) groups is 1. The molecule has 0 fully saturated rings. The summed E-state index contributed by atoms with van der Waals surface area (Å²) in [4.78, 5) is 11.9. The van der Waals surface area contributed by atoms with Crippen LogP contribution in [0.15, 0.2) is 78.9 Å². The van der Waals surface area contributed by atoms with Crippen LogP contribution < -0.4 is 4.74 Å². The average molecular weight is 411 g/mol. The Bertz CT molecular complexity index is 1160. The molecular weight excluding hydrogens is 384 g/mol. The number of aldehydes is 1. The lowest BCUT2D eigenvalue weighted by molar-refractivity contribution is -0.109. The van der Waals surface area contributed by atoms with Crippen LogP contribution in [0.1, 0.15) is 28.3 Å². The standard InChI is InChI=1S/C27H26N2O2/c1-19-4-8-21(9-5-19)23(18-30)16-24-17-27(22-10-6-20(2)7-11-22)29(28-24)25-12-14-26(31-3)15-13-25/h4-15,17-18,23H,16H2,1-3H3. The molecule has 0 aliphatic rings. The molecule has 0 aliphatic carbocycles. The van der Waals surface area contributed by atoms with Gasteiger partial charge in [-0.2, -0.15) is 5.10 Å². The number of hydrogen-bond donors (Lipinski definition) is 0. The van der Waals surface area contributed by atoms with Crippen molar-refractivity contribution in [3.63, 3.8) is 0 Å². The van der Waals surface area contributed by atoms with Crippen LogP contribution in [0.4, 0.5) is 0 Å². The van der Waals surface area contributed by atoms with Gasteiger partial charge in [0.2, 0.25) is 0 Å². The highest BCUT2D eigenvalue weighted by atomic mass is 16.5. The maximum Gasteiger partial charge on any atom is 0.127 e. The molecule has 4 rings (SSSR count). The fourth-order valence-electron chi connectivity index (χ4n) is 3.66. The zero-order chi connectivity index (χ0) is 21.8. The molecule has 0 N–H and O–H groups in total. The van der Waals surface area contributed by atoms with Gasteiger partial charge in [-0.25, -0.2) is 4.68 Å². The number of nitrogens with zero attached hydrogens (tertiary/aromatic N) is 2. The third-order valence-electron chi connectivity index (χ3n) is 5.52. The van der Waals surface area contributed by atoms with E-state index in [1.165, 1.54) is 11.1 Å². The van der Waals surface area contributed by atoms with Crippen LogP contribution in [0.5, 0.6) is 5.75 Å². The van der Waals surface area contributed by atoms with Crippen molar-refractivity contribution in [3.05, 3.63) is 101 Å². The molecule has 4 heteroatoms. The molecule has 0 radical (unpaired) electrons. The summed E-state index contributed by atoms with van der Waals surface area (Å²) in [6.45, 7) is 4.12. The molecule has 1 unspecified atom stereocenters. The number of hydrogen-bond acceptors (Lipinski definition) is 3. The Morgan fingerprint density at radius 2 is 1.52 bits per heavy atom. The summed E-state index contributed by atoms with van der Waals surface area (Å²) in [5, 5.41) is 4.88. The van der Waals surface area contributed by atoms with Gasteiger partial charge in [0.05, 0.1) is 24.2 Å². The molecular formula is C27H26N2O2. The summed E-state index contributed by atoms with van der Waals surface area (Å²) in [6.07, 6.45) is 1.57. The van der Waals surface area contributed by atoms with Crippen LogP contribution in [0.3, 0.4) is 0 Å². The van der Waals surface area contributed by atoms with E-state index in [2.05, 4.69) is 37.3 Å². The van der Waals surface area contributed by atoms with Gasteiger partial charge in [-0.15, -0.1) is 0 Å². The first-order valence-corrected chi connectivity index (χ1v) is 10.4. The number of aryl methyl sites for hydroxylation is 2. The summed E-state index contributed by atoms with van der Waals surface area (Å²) in [6, 6.07) is 26.5. The van der Waals surface area contributed by atoms with Crippen LogP contribution in [0.25, 0.3) is 16.9 Å². The van der Waals surface area contributed by atoms with Crippen LogP contribution in [0.2, 0.25) is 0 Å². The lowest BCUT2D eigenvalue weighted by Gasteiger charge is -2.10. The van der Waals surface area contributed by atoms with Gasteiger partial charge in [0.1, 0.15) is 12.0 Å². The number of rotatable bonds is 7. The van der Waals surface area contributed by atoms with Gasteiger partial charge in [-0.1, -0.05) is 59.7 Å². The Labute approximate surface area is 183 Å². The molecule has 0 saturated carbocycles. The van der Waals surface area contributed by atoms with Gasteiger partial charge in [0, 0.05) is 17.9 Å². The Kier molecular flexibility index (Phi) is 5.99. The highest BCUT2D eigenvalue weighted by Gasteiger charge is 2.17. The second-order valence-corrected chi connectivity index (χ2v) is 7.85. The molecule has 3 aromatic carbocycles. The number of methoxy groups -OCH3 is 1. The van der Waals surface area contributed by atoms with Crippen LogP contribution in [0, 0.1) is 13.8 Å². The molecule has 0 amide bonds. The number of carbonyl (C=O) groups excluding carboxylic acids is 1. The zero-order valence-corrected chi connectivity index (χ0v) is 18.1. The Balaban J connectivity index is 1.73. The van der Waals surface area contributed by atoms with Crippen LogP contribution in [-0.2, 0) is 11.2 Å². The highest BCUT2D eigenvalue weighted by Crippen LogP contribution is 2.28. The normalized spacial score (nSPS) is 11.8. The maximum atomic E-state index is 11.9. The van der Waals surface area contributed by atoms with E-state index in [-0.39, 0.29) is 5.92 Å². The first-order chi connectivity index (χ1) is 15.1. The van der Waals surface area contributed by atoms with Gasteiger partial charge in [0.15, 0.2) is 0 Å². The maximum absolute atomic E-state index is 11.9. The highest BCUT2D eigenvalue weighted by molar-refractivity contribution is 5.65. The molecule has 31 heavy (non-hydrogen) atoms. The second kappa shape index (κ2) is 9.00. The lowest BCUT2D eigenvalue weighted by Crippen LogP contribution is -2.06. The largest absolute Gasteiger partial charge is 0.497 e. The predicted molar refractivity (Wildman–Crippen MR) is 124 cm³/mol. The summed E-state index contributed by atoms with van der Waals surface area (Å²) in [5.74, 6) is 0.569. The third-order valence-corrected chi connectivity index (χ3v) is 5.52. The Morgan fingerprint density at radius 3 is 2.10 bits per heavy atom. The fourth-order valence-corrected chi connectivity index (χ4v) is 3.66. The first kappa shape index (κ1) is 20.6. The molecule has 0 saturated heterocycles. The first-order valence-electron chi connectivity index (χ1n) is 10.4. The van der Waals surface area contributed by atoms with Gasteiger partial charge in [0.25, 0.3) is 0 Å². The molecule has 0 spiro atoms. The van der Waals surface area contributed by atoms with Crippen molar-refractivity contribution in [2.24, 2.45) is 0 Å². The van der Waals surface area contributed by atoms with Crippen LogP contribution >= 0.6 is 0 Å². The van der Waals surface area contributed by atoms with E-state index < -0.39 is 0 Å². The summed E-state index contributed by atoms with van der Waals surface area (Å²) in [7, 11) is 1.66. The molecule has 4 nitrogen and oxygen atoms in total. The Hall–Kier alpha value is -3.66. The molecule has 4 aromatic rings. The quantitative estimate of drug-likeness (QED) is 0.368. The minimum absolute atomic E-state index is 0.231. The van der Waals surface area contributed by atoms with Crippen molar-refractivity contribution in [3.8, 4) is 22.7 Å². The van der Waals surface area contributed by atoms with E-state index in [0.29, 0.717) is 6.42 Å². The van der Waals surface area contributed by atoms with E-state index in [0.717, 1.165) is 40.2 Å². The summed E-state index contributed by atoms with van der Waals surface area (Å²) < 4.78 is 7.24. The molecule has 156 valence electrons. The monoisotopic (exact) mass is 410 g/mol. The molecule has 0 bridgehead atoms. The summed E-state index contributed by atoms with van der Waals surface area (Å²) >= 11 is 0. The number of benzene rings is 3. The zero-order valence-electron chi connectivity index (χ0n) is 18.1. The van der Waals surface area contributed by atoms with Crippen molar-refractivity contribution in [1.82, 2.24) is 9.78 Å². The average Bonchev–Trinajstić information content (AvgIpc) is 3.22. The lowest BCUT2D eigenvalue weighted by atomic mass is 9.95. The van der Waals surface area contributed by atoms with Gasteiger partial charge in [-0.05, 0) is 49.7 Å². The number of aromatic nitrogens is 2. The van der Waals surface area contributed by atoms with Crippen molar-refractivity contribution in [2.45, 2.75) is 26.2 Å². The summed E-state index contributed by atoms with van der Waals surface area (Å²) in [5.41, 5.74) is 7.30. The third kappa shape index (κ3) is 4.58. The second-order valence-electron chi connectivity index (χ2n) is 7.85. The topological polar surface area (TPSA) is 44.1 Å². The Morgan fingerprint density at radius 1 is 0.903 bits per heavy atom. The smallest absolute Gasteiger partial charge is 0.127 e. The van der Waals surface area contributed by atoms with Crippen molar-refractivity contribution in [1.29, 1.82) is 0 Å². The van der Waals surface area contributed by atoms with Gasteiger partial charge >= 0.3 is 0 Å². The van der Waals surface area contributed by atoms with E-state index in [4.69, 9.17) is 9.84 Å². The molecule has 1 heterocycles.